The number of carbonyl (C=O) groups excluding carboxylic acids is 3. The van der Waals surface area contributed by atoms with Crippen LogP contribution in [-0.4, -0.2) is 36.0 Å². The third kappa shape index (κ3) is 4.66. The summed E-state index contributed by atoms with van der Waals surface area (Å²) in [4.78, 5) is 37.3. The summed E-state index contributed by atoms with van der Waals surface area (Å²) in [6, 6.07) is 9.66. The topological polar surface area (TPSA) is 98.1 Å². The molecule has 0 saturated carbocycles. The Morgan fingerprint density at radius 2 is 2.07 bits per heavy atom. The van der Waals surface area contributed by atoms with Crippen molar-refractivity contribution in [2.24, 2.45) is 0 Å². The molecular weight excluding hydrogens is 376 g/mol. The number of furan rings is 1. The van der Waals surface area contributed by atoms with Gasteiger partial charge in [-0.05, 0) is 49.2 Å². The van der Waals surface area contributed by atoms with Crippen LogP contribution in [0.4, 0.5) is 4.79 Å². The smallest absolute Gasteiger partial charge is 0.373 e. The fourth-order valence-electron chi connectivity index (χ4n) is 2.70. The van der Waals surface area contributed by atoms with Gasteiger partial charge in [-0.3, -0.25) is 9.69 Å². The lowest BCUT2D eigenvalue weighted by molar-refractivity contribution is -0.123. The van der Waals surface area contributed by atoms with Gasteiger partial charge in [-0.1, -0.05) is 19.1 Å². The number of imide groups is 1. The number of methoxy groups -OCH3 is 1. The fraction of sp³-hybridized carbons (Fsp3) is 0.286. The van der Waals surface area contributed by atoms with Crippen LogP contribution >= 0.6 is 0 Å². The SMILES string of the molecule is CC[C@H](C)Oc1cccc(/C=C2\NC(=O)N(Cc3ccc(C(=O)OC)o3)C2=O)c1. The summed E-state index contributed by atoms with van der Waals surface area (Å²) >= 11 is 0. The molecule has 3 rings (SSSR count). The van der Waals surface area contributed by atoms with Crippen LogP contribution in [-0.2, 0) is 16.1 Å². The molecule has 1 aliphatic heterocycles. The second-order valence-electron chi connectivity index (χ2n) is 6.55. The van der Waals surface area contributed by atoms with Gasteiger partial charge < -0.3 is 19.2 Å². The summed E-state index contributed by atoms with van der Waals surface area (Å²) in [6.07, 6.45) is 2.54. The first kappa shape index (κ1) is 20.2. The molecular formula is C21H22N2O6. The molecule has 1 aromatic carbocycles. The van der Waals surface area contributed by atoms with Crippen LogP contribution in [0.2, 0.25) is 0 Å². The van der Waals surface area contributed by atoms with Crippen molar-refractivity contribution in [3.05, 3.63) is 59.2 Å². The van der Waals surface area contributed by atoms with Crippen LogP contribution in [0, 0.1) is 0 Å². The number of rotatable bonds is 7. The fourth-order valence-corrected chi connectivity index (χ4v) is 2.70. The van der Waals surface area contributed by atoms with Gasteiger partial charge in [-0.15, -0.1) is 0 Å². The minimum absolute atomic E-state index is 0.00319. The van der Waals surface area contributed by atoms with Gasteiger partial charge >= 0.3 is 12.0 Å². The Hall–Kier alpha value is -3.55. The molecule has 2 heterocycles. The van der Waals surface area contributed by atoms with E-state index >= 15 is 0 Å². The van der Waals surface area contributed by atoms with E-state index in [0.717, 1.165) is 16.9 Å². The molecule has 29 heavy (non-hydrogen) atoms. The van der Waals surface area contributed by atoms with Crippen LogP contribution in [0.1, 0.15) is 42.1 Å². The molecule has 8 heteroatoms. The lowest BCUT2D eigenvalue weighted by Gasteiger charge is -2.12. The zero-order chi connectivity index (χ0) is 21.0. The highest BCUT2D eigenvalue weighted by molar-refractivity contribution is 6.13. The molecule has 0 bridgehead atoms. The predicted octanol–water partition coefficient (Wildman–Crippen LogP) is 3.34. The van der Waals surface area contributed by atoms with E-state index in [0.29, 0.717) is 11.5 Å². The molecule has 1 aliphatic rings. The van der Waals surface area contributed by atoms with Crippen molar-refractivity contribution < 1.29 is 28.3 Å². The van der Waals surface area contributed by atoms with E-state index in [2.05, 4.69) is 10.1 Å². The van der Waals surface area contributed by atoms with Crippen molar-refractivity contribution in [1.29, 1.82) is 0 Å². The van der Waals surface area contributed by atoms with Crippen LogP contribution in [0.25, 0.3) is 6.08 Å². The van der Waals surface area contributed by atoms with Crippen molar-refractivity contribution in [3.63, 3.8) is 0 Å². The number of hydrogen-bond donors (Lipinski definition) is 1. The highest BCUT2D eigenvalue weighted by Crippen LogP contribution is 2.21. The Bertz CT molecular complexity index is 962. The number of benzene rings is 1. The summed E-state index contributed by atoms with van der Waals surface area (Å²) in [5.41, 5.74) is 0.873. The number of amides is 3. The number of ether oxygens (including phenoxy) is 2. The minimum atomic E-state index is -0.631. The number of urea groups is 1. The van der Waals surface area contributed by atoms with Crippen LogP contribution in [0.3, 0.4) is 0 Å². The second-order valence-corrected chi connectivity index (χ2v) is 6.55. The van der Waals surface area contributed by atoms with Gasteiger partial charge in [-0.25, -0.2) is 9.59 Å². The van der Waals surface area contributed by atoms with E-state index in [-0.39, 0.29) is 24.1 Å². The maximum absolute atomic E-state index is 12.6. The zero-order valence-corrected chi connectivity index (χ0v) is 16.4. The first-order valence-electron chi connectivity index (χ1n) is 9.19. The normalized spacial score (nSPS) is 16.1. The Balaban J connectivity index is 1.74. The van der Waals surface area contributed by atoms with Crippen molar-refractivity contribution in [1.82, 2.24) is 10.2 Å². The first-order chi connectivity index (χ1) is 13.9. The molecule has 1 N–H and O–H groups in total. The molecule has 1 atom stereocenters. The summed E-state index contributed by atoms with van der Waals surface area (Å²) in [6.45, 7) is 3.91. The Kier molecular flexibility index (Phi) is 6.01. The lowest BCUT2D eigenvalue weighted by Crippen LogP contribution is -2.30. The maximum atomic E-state index is 12.6. The number of hydrogen-bond acceptors (Lipinski definition) is 6. The molecule has 1 saturated heterocycles. The van der Waals surface area contributed by atoms with Gasteiger partial charge in [-0.2, -0.15) is 0 Å². The summed E-state index contributed by atoms with van der Waals surface area (Å²) in [5.74, 6) is -0.136. The van der Waals surface area contributed by atoms with E-state index in [9.17, 15) is 14.4 Å². The molecule has 0 spiro atoms. The quantitative estimate of drug-likeness (QED) is 0.436. The average Bonchev–Trinajstić information content (AvgIpc) is 3.28. The molecule has 1 aromatic heterocycles. The van der Waals surface area contributed by atoms with Gasteiger partial charge in [0.2, 0.25) is 5.76 Å². The first-order valence-corrected chi connectivity index (χ1v) is 9.19. The predicted molar refractivity (Wildman–Crippen MR) is 104 cm³/mol. The van der Waals surface area contributed by atoms with E-state index in [1.54, 1.807) is 12.1 Å². The number of nitrogens with one attached hydrogen (secondary N) is 1. The number of carbonyl (C=O) groups is 3. The van der Waals surface area contributed by atoms with Crippen molar-refractivity contribution >= 4 is 24.0 Å². The monoisotopic (exact) mass is 398 g/mol. The van der Waals surface area contributed by atoms with Crippen molar-refractivity contribution in [3.8, 4) is 5.75 Å². The third-order valence-electron chi connectivity index (χ3n) is 4.41. The summed E-state index contributed by atoms with van der Waals surface area (Å²) in [5, 5.41) is 2.56. The summed E-state index contributed by atoms with van der Waals surface area (Å²) in [7, 11) is 1.24. The van der Waals surface area contributed by atoms with Crippen molar-refractivity contribution in [2.75, 3.05) is 7.11 Å². The average molecular weight is 398 g/mol. The van der Waals surface area contributed by atoms with Crippen molar-refractivity contribution in [2.45, 2.75) is 32.9 Å². The van der Waals surface area contributed by atoms with E-state index in [1.165, 1.54) is 19.2 Å². The highest BCUT2D eigenvalue weighted by atomic mass is 16.5. The molecule has 0 radical (unpaired) electrons. The number of esters is 1. The van der Waals surface area contributed by atoms with Gasteiger partial charge in [0, 0.05) is 0 Å². The van der Waals surface area contributed by atoms with Gasteiger partial charge in [0.15, 0.2) is 0 Å². The second kappa shape index (κ2) is 8.64. The lowest BCUT2D eigenvalue weighted by atomic mass is 10.1. The van der Waals surface area contributed by atoms with E-state index in [4.69, 9.17) is 9.15 Å². The van der Waals surface area contributed by atoms with E-state index < -0.39 is 17.9 Å². The van der Waals surface area contributed by atoms with Gasteiger partial charge in [0.25, 0.3) is 5.91 Å². The molecule has 3 amide bonds. The molecule has 0 unspecified atom stereocenters. The Morgan fingerprint density at radius 1 is 1.28 bits per heavy atom. The Labute approximate surface area is 168 Å². The minimum Gasteiger partial charge on any atom is -0.491 e. The maximum Gasteiger partial charge on any atom is 0.373 e. The van der Waals surface area contributed by atoms with Crippen LogP contribution in [0.5, 0.6) is 5.75 Å². The molecule has 152 valence electrons. The van der Waals surface area contributed by atoms with Gasteiger partial charge in [0.05, 0.1) is 19.8 Å². The Morgan fingerprint density at radius 3 is 2.79 bits per heavy atom. The highest BCUT2D eigenvalue weighted by Gasteiger charge is 2.34. The molecule has 0 aliphatic carbocycles. The van der Waals surface area contributed by atoms with Crippen LogP contribution in [0.15, 0.2) is 46.5 Å². The van der Waals surface area contributed by atoms with Crippen LogP contribution < -0.4 is 10.1 Å². The van der Waals surface area contributed by atoms with Gasteiger partial charge in [0.1, 0.15) is 17.2 Å². The zero-order valence-electron chi connectivity index (χ0n) is 16.4. The molecule has 1 fully saturated rings. The van der Waals surface area contributed by atoms with E-state index in [1.807, 2.05) is 32.0 Å². The third-order valence-corrected chi connectivity index (χ3v) is 4.41. The summed E-state index contributed by atoms with van der Waals surface area (Å²) < 4.78 is 15.7. The largest absolute Gasteiger partial charge is 0.491 e. The standard InChI is InChI=1S/C21H22N2O6/c1-4-13(2)28-15-7-5-6-14(10-15)11-17-19(24)23(21(26)22-17)12-16-8-9-18(29-16)20(25)27-3/h5-11,13H,4,12H2,1-3H3,(H,22,26)/b17-11-/t13-/m0/s1. The number of nitrogens with zero attached hydrogens (tertiary/aromatic N) is 1. The molecule has 2 aromatic rings. The molecule has 8 nitrogen and oxygen atoms in total.